The van der Waals surface area contributed by atoms with Crippen LogP contribution in [0.5, 0.6) is 5.75 Å². The van der Waals surface area contributed by atoms with Gasteiger partial charge in [0.25, 0.3) is 0 Å². The Kier molecular flexibility index (Phi) is 3.99. The van der Waals surface area contributed by atoms with Crippen molar-refractivity contribution >= 4 is 0 Å². The zero-order chi connectivity index (χ0) is 13.0. The average molecular weight is 246 g/mol. The fourth-order valence-electron chi connectivity index (χ4n) is 2.02. The van der Waals surface area contributed by atoms with Crippen molar-refractivity contribution in [2.45, 2.75) is 26.0 Å². The summed E-state index contributed by atoms with van der Waals surface area (Å²) in [5.74, 6) is 0.809. The molecular weight excluding hydrogens is 228 g/mol. The smallest absolute Gasteiger partial charge is 0.119 e. The standard InChI is InChI=1S/C14H18N2O2/c1-3-16-13(7-8-15-16)14(17)10-11-5-4-6-12(9-11)18-2/h4-9,14,17H,3,10H2,1-2H3. The first kappa shape index (κ1) is 12.6. The Bertz CT molecular complexity index is 508. The molecule has 2 aromatic rings. The third-order valence-electron chi connectivity index (χ3n) is 2.95. The summed E-state index contributed by atoms with van der Waals surface area (Å²) in [4.78, 5) is 0. The van der Waals surface area contributed by atoms with E-state index in [2.05, 4.69) is 5.10 Å². The molecule has 1 aromatic heterocycles. The summed E-state index contributed by atoms with van der Waals surface area (Å²) in [5.41, 5.74) is 1.89. The predicted octanol–water partition coefficient (Wildman–Crippen LogP) is 2.19. The molecular formula is C14H18N2O2. The average Bonchev–Trinajstić information content (AvgIpc) is 2.87. The van der Waals surface area contributed by atoms with Gasteiger partial charge in [0.1, 0.15) is 5.75 Å². The molecule has 0 aliphatic heterocycles. The molecule has 0 amide bonds. The Balaban J connectivity index is 2.13. The van der Waals surface area contributed by atoms with Gasteiger partial charge in [0, 0.05) is 19.2 Å². The Morgan fingerprint density at radius 1 is 1.39 bits per heavy atom. The molecule has 1 N–H and O–H groups in total. The minimum atomic E-state index is -0.542. The van der Waals surface area contributed by atoms with Crippen molar-refractivity contribution in [2.75, 3.05) is 7.11 Å². The molecule has 1 heterocycles. The SMILES string of the molecule is CCn1nccc1C(O)Cc1cccc(OC)c1. The molecule has 4 heteroatoms. The summed E-state index contributed by atoms with van der Waals surface area (Å²) in [7, 11) is 1.64. The van der Waals surface area contributed by atoms with E-state index in [1.165, 1.54) is 0 Å². The van der Waals surface area contributed by atoms with E-state index < -0.39 is 6.10 Å². The van der Waals surface area contributed by atoms with E-state index in [0.29, 0.717) is 6.42 Å². The number of aliphatic hydroxyl groups is 1. The molecule has 0 saturated carbocycles. The largest absolute Gasteiger partial charge is 0.497 e. The number of aliphatic hydroxyl groups excluding tert-OH is 1. The Hall–Kier alpha value is -1.81. The van der Waals surface area contributed by atoms with Gasteiger partial charge in [-0.15, -0.1) is 0 Å². The minimum Gasteiger partial charge on any atom is -0.497 e. The molecule has 1 atom stereocenters. The van der Waals surface area contributed by atoms with Gasteiger partial charge in [0.2, 0.25) is 0 Å². The molecule has 0 bridgehead atoms. The van der Waals surface area contributed by atoms with Crippen LogP contribution in [-0.4, -0.2) is 22.0 Å². The summed E-state index contributed by atoms with van der Waals surface area (Å²) in [6, 6.07) is 9.60. The van der Waals surface area contributed by atoms with Crippen molar-refractivity contribution in [1.82, 2.24) is 9.78 Å². The van der Waals surface area contributed by atoms with E-state index in [4.69, 9.17) is 4.74 Å². The maximum atomic E-state index is 10.2. The lowest BCUT2D eigenvalue weighted by atomic mass is 10.1. The second-order valence-electron chi connectivity index (χ2n) is 4.14. The maximum absolute atomic E-state index is 10.2. The molecule has 4 nitrogen and oxygen atoms in total. The highest BCUT2D eigenvalue weighted by atomic mass is 16.5. The molecule has 18 heavy (non-hydrogen) atoms. The van der Waals surface area contributed by atoms with Crippen molar-refractivity contribution in [1.29, 1.82) is 0 Å². The minimum absolute atomic E-state index is 0.542. The summed E-state index contributed by atoms with van der Waals surface area (Å²) in [6.07, 6.45) is 1.73. The van der Waals surface area contributed by atoms with Crippen molar-refractivity contribution in [3.8, 4) is 5.75 Å². The number of rotatable bonds is 5. The van der Waals surface area contributed by atoms with Crippen molar-refractivity contribution in [3.05, 3.63) is 47.8 Å². The van der Waals surface area contributed by atoms with Crippen LogP contribution in [0.3, 0.4) is 0 Å². The van der Waals surface area contributed by atoms with Gasteiger partial charge in [0.05, 0.1) is 18.9 Å². The zero-order valence-electron chi connectivity index (χ0n) is 10.7. The normalized spacial score (nSPS) is 12.4. The summed E-state index contributed by atoms with van der Waals surface area (Å²) in [6.45, 7) is 2.77. The Morgan fingerprint density at radius 3 is 2.94 bits per heavy atom. The van der Waals surface area contributed by atoms with E-state index in [1.54, 1.807) is 13.3 Å². The Labute approximate surface area is 107 Å². The van der Waals surface area contributed by atoms with Gasteiger partial charge < -0.3 is 9.84 Å². The van der Waals surface area contributed by atoms with E-state index in [0.717, 1.165) is 23.6 Å². The number of benzene rings is 1. The number of ether oxygens (including phenoxy) is 1. The highest BCUT2D eigenvalue weighted by Gasteiger charge is 2.13. The van der Waals surface area contributed by atoms with Gasteiger partial charge in [-0.2, -0.15) is 5.10 Å². The molecule has 0 saturated heterocycles. The lowest BCUT2D eigenvalue weighted by Crippen LogP contribution is -2.10. The lowest BCUT2D eigenvalue weighted by Gasteiger charge is -2.13. The van der Waals surface area contributed by atoms with Crippen LogP contribution in [0.25, 0.3) is 0 Å². The Morgan fingerprint density at radius 2 is 2.22 bits per heavy atom. The molecule has 0 aliphatic rings. The van der Waals surface area contributed by atoms with Crippen LogP contribution in [0.1, 0.15) is 24.3 Å². The van der Waals surface area contributed by atoms with E-state index in [1.807, 2.05) is 41.9 Å². The highest BCUT2D eigenvalue weighted by Crippen LogP contribution is 2.20. The fraction of sp³-hybridized carbons (Fsp3) is 0.357. The van der Waals surface area contributed by atoms with Gasteiger partial charge >= 0.3 is 0 Å². The molecule has 0 radical (unpaired) electrons. The third-order valence-corrected chi connectivity index (χ3v) is 2.95. The molecule has 0 aliphatic carbocycles. The maximum Gasteiger partial charge on any atom is 0.119 e. The fourth-order valence-corrected chi connectivity index (χ4v) is 2.02. The van der Waals surface area contributed by atoms with E-state index >= 15 is 0 Å². The second kappa shape index (κ2) is 5.69. The van der Waals surface area contributed by atoms with Crippen LogP contribution in [0.15, 0.2) is 36.5 Å². The first-order valence-electron chi connectivity index (χ1n) is 6.07. The van der Waals surface area contributed by atoms with Crippen LogP contribution in [0.2, 0.25) is 0 Å². The molecule has 96 valence electrons. The first-order chi connectivity index (χ1) is 8.74. The number of aryl methyl sites for hydroxylation is 1. The van der Waals surface area contributed by atoms with Crippen LogP contribution in [0.4, 0.5) is 0 Å². The van der Waals surface area contributed by atoms with Crippen LogP contribution >= 0.6 is 0 Å². The van der Waals surface area contributed by atoms with Crippen LogP contribution in [0, 0.1) is 0 Å². The first-order valence-corrected chi connectivity index (χ1v) is 6.07. The number of hydrogen-bond donors (Lipinski definition) is 1. The monoisotopic (exact) mass is 246 g/mol. The lowest BCUT2D eigenvalue weighted by molar-refractivity contribution is 0.167. The number of hydrogen-bond acceptors (Lipinski definition) is 3. The van der Waals surface area contributed by atoms with Crippen LogP contribution in [-0.2, 0) is 13.0 Å². The third kappa shape index (κ3) is 2.71. The topological polar surface area (TPSA) is 47.3 Å². The van der Waals surface area contributed by atoms with Gasteiger partial charge in [-0.3, -0.25) is 4.68 Å². The zero-order valence-corrected chi connectivity index (χ0v) is 10.7. The molecule has 0 fully saturated rings. The van der Waals surface area contributed by atoms with E-state index in [-0.39, 0.29) is 0 Å². The van der Waals surface area contributed by atoms with Crippen molar-refractivity contribution < 1.29 is 9.84 Å². The molecule has 0 spiro atoms. The van der Waals surface area contributed by atoms with Gasteiger partial charge in [-0.05, 0) is 30.7 Å². The van der Waals surface area contributed by atoms with Gasteiger partial charge in [-0.25, -0.2) is 0 Å². The van der Waals surface area contributed by atoms with Crippen LogP contribution < -0.4 is 4.74 Å². The summed E-state index contributed by atoms with van der Waals surface area (Å²) in [5, 5.41) is 14.4. The van der Waals surface area contributed by atoms with E-state index in [9.17, 15) is 5.11 Å². The quantitative estimate of drug-likeness (QED) is 0.879. The second-order valence-corrected chi connectivity index (χ2v) is 4.14. The van der Waals surface area contributed by atoms with Crippen molar-refractivity contribution in [2.24, 2.45) is 0 Å². The molecule has 2 rings (SSSR count). The predicted molar refractivity (Wildman–Crippen MR) is 69.6 cm³/mol. The number of methoxy groups -OCH3 is 1. The summed E-state index contributed by atoms with van der Waals surface area (Å²) >= 11 is 0. The molecule has 1 aromatic carbocycles. The van der Waals surface area contributed by atoms with Gasteiger partial charge in [0.15, 0.2) is 0 Å². The molecule has 1 unspecified atom stereocenters. The number of aromatic nitrogens is 2. The highest BCUT2D eigenvalue weighted by molar-refractivity contribution is 5.29. The number of nitrogens with zero attached hydrogens (tertiary/aromatic N) is 2. The summed E-state index contributed by atoms with van der Waals surface area (Å²) < 4.78 is 6.98. The van der Waals surface area contributed by atoms with Gasteiger partial charge in [-0.1, -0.05) is 12.1 Å². The van der Waals surface area contributed by atoms with Crippen molar-refractivity contribution in [3.63, 3.8) is 0 Å².